The van der Waals surface area contributed by atoms with Crippen molar-refractivity contribution in [3.05, 3.63) is 146 Å². The maximum absolute atomic E-state index is 11.4. The molecule has 1 aliphatic rings. The summed E-state index contributed by atoms with van der Waals surface area (Å²) in [5.74, 6) is 2.24. The first-order valence-electron chi connectivity index (χ1n) is 22.5. The van der Waals surface area contributed by atoms with Crippen molar-refractivity contribution in [2.45, 2.75) is 98.1 Å². The van der Waals surface area contributed by atoms with Crippen LogP contribution in [0.4, 0.5) is 0 Å². The summed E-state index contributed by atoms with van der Waals surface area (Å²) in [6.45, 7) is 18.1. The first kappa shape index (κ1) is 51.3. The normalized spacial score (nSPS) is 16.0. The third-order valence-electron chi connectivity index (χ3n) is 13.4. The molecular formula is C55H74O10. The third kappa shape index (κ3) is 11.8. The van der Waals surface area contributed by atoms with Crippen LogP contribution in [0, 0.1) is 11.3 Å². The molecule has 0 heterocycles. The van der Waals surface area contributed by atoms with E-state index < -0.39 is 10.8 Å². The fourth-order valence-corrected chi connectivity index (χ4v) is 8.99. The van der Waals surface area contributed by atoms with Crippen molar-refractivity contribution in [1.82, 2.24) is 0 Å². The van der Waals surface area contributed by atoms with Gasteiger partial charge in [-0.25, -0.2) is 0 Å². The van der Waals surface area contributed by atoms with Gasteiger partial charge in [-0.15, -0.1) is 0 Å². The number of phenolic OH excluding ortho intramolecular Hbond substituents is 2. The van der Waals surface area contributed by atoms with Crippen molar-refractivity contribution in [2.24, 2.45) is 11.3 Å². The quantitative estimate of drug-likeness (QED) is 0.0698. The minimum Gasteiger partial charge on any atom is -0.507 e. The Kier molecular flexibility index (Phi) is 17.9. The molecule has 10 nitrogen and oxygen atoms in total. The topological polar surface area (TPSA) is 114 Å². The van der Waals surface area contributed by atoms with Crippen molar-refractivity contribution in [2.75, 3.05) is 69.1 Å². The van der Waals surface area contributed by atoms with E-state index in [1.807, 2.05) is 24.3 Å². The molecule has 2 N–H and O–H groups in total. The molecule has 0 amide bonds. The van der Waals surface area contributed by atoms with E-state index >= 15 is 0 Å². The summed E-state index contributed by atoms with van der Waals surface area (Å²) in [5.41, 5.74) is 9.30. The molecule has 3 unspecified atom stereocenters. The SMILES string of the molecule is COCC1=CC(C(C)(c2ccc(C(C)(C)c3cc(COC)c(O)c(COC)c3)cc2)c2cc(COC)c(O)c(COC)c2)CC(COC)=C1OCCOc1ccc(C(C)C(C)(C)C)cc1. The van der Waals surface area contributed by atoms with Crippen LogP contribution in [0.25, 0.3) is 0 Å². The van der Waals surface area contributed by atoms with Crippen molar-refractivity contribution < 1.29 is 48.1 Å². The Balaban J connectivity index is 1.55. The van der Waals surface area contributed by atoms with Crippen molar-refractivity contribution >= 4 is 0 Å². The Morgan fingerprint density at radius 1 is 0.538 bits per heavy atom. The molecule has 1 aliphatic carbocycles. The Hall–Kier alpha value is -4.68. The summed E-state index contributed by atoms with van der Waals surface area (Å²) in [7, 11) is 9.92. The molecule has 10 heteroatoms. The highest BCUT2D eigenvalue weighted by molar-refractivity contribution is 5.54. The standard InChI is InChI=1S/C55H74O10/c1-36(53(2,3)4)37-14-20-49(21-15-37)64-22-23-65-52-42(34-62-12)28-48(29-43(52)35-63-13)55(7,47-26-40(32-60-10)51(57)41(27-47)33-61-11)45-18-16-44(17-19-45)54(5,6)46-24-38(30-58-8)50(56)39(25-46)31-59-9/h14-21,24-28,36,48,56-57H,22-23,29-35H2,1-13H3. The van der Waals surface area contributed by atoms with E-state index in [9.17, 15) is 10.2 Å². The predicted molar refractivity (Wildman–Crippen MR) is 257 cm³/mol. The largest absolute Gasteiger partial charge is 0.507 e. The number of aromatic hydroxyl groups is 2. The molecule has 65 heavy (non-hydrogen) atoms. The third-order valence-corrected chi connectivity index (χ3v) is 13.4. The zero-order chi connectivity index (χ0) is 47.5. The maximum Gasteiger partial charge on any atom is 0.126 e. The van der Waals surface area contributed by atoms with Crippen LogP contribution in [0.15, 0.2) is 95.8 Å². The number of hydrogen-bond donors (Lipinski definition) is 2. The van der Waals surface area contributed by atoms with Crippen molar-refractivity contribution in [1.29, 1.82) is 0 Å². The summed E-state index contributed by atoms with van der Waals surface area (Å²) in [6.07, 6.45) is 2.92. The maximum atomic E-state index is 11.4. The first-order valence-corrected chi connectivity index (χ1v) is 22.5. The summed E-state index contributed by atoms with van der Waals surface area (Å²) in [6, 6.07) is 25.3. The predicted octanol–water partition coefficient (Wildman–Crippen LogP) is 11.1. The molecule has 0 fully saturated rings. The number of hydrogen-bond acceptors (Lipinski definition) is 10. The van der Waals surface area contributed by atoms with E-state index in [0.717, 1.165) is 44.9 Å². The molecule has 0 saturated carbocycles. The van der Waals surface area contributed by atoms with E-state index in [1.54, 1.807) is 42.7 Å². The van der Waals surface area contributed by atoms with Gasteiger partial charge in [0.25, 0.3) is 0 Å². The van der Waals surface area contributed by atoms with Gasteiger partial charge in [0.05, 0.1) is 39.6 Å². The molecule has 0 bridgehead atoms. The van der Waals surface area contributed by atoms with Crippen LogP contribution in [0.3, 0.4) is 0 Å². The van der Waals surface area contributed by atoms with Crippen LogP contribution in [-0.2, 0) is 70.4 Å². The van der Waals surface area contributed by atoms with E-state index in [4.69, 9.17) is 37.9 Å². The van der Waals surface area contributed by atoms with Crippen LogP contribution in [0.5, 0.6) is 17.2 Å². The molecule has 0 saturated heterocycles. The Bertz CT molecular complexity index is 2180. The summed E-state index contributed by atoms with van der Waals surface area (Å²) in [5, 5.41) is 22.4. The van der Waals surface area contributed by atoms with Gasteiger partial charge in [0.1, 0.15) is 36.2 Å². The molecule has 4 aromatic carbocycles. The van der Waals surface area contributed by atoms with Gasteiger partial charge in [0, 0.05) is 81.3 Å². The van der Waals surface area contributed by atoms with E-state index in [2.05, 4.69) is 103 Å². The lowest BCUT2D eigenvalue weighted by atomic mass is 9.63. The van der Waals surface area contributed by atoms with Crippen LogP contribution >= 0.6 is 0 Å². The molecule has 3 atom stereocenters. The Morgan fingerprint density at radius 3 is 1.45 bits per heavy atom. The number of methoxy groups -OCH3 is 6. The molecule has 4 aromatic rings. The number of allylic oxidation sites excluding steroid dienone is 1. The molecule has 354 valence electrons. The van der Waals surface area contributed by atoms with Gasteiger partial charge in [-0.1, -0.05) is 90.9 Å². The van der Waals surface area contributed by atoms with Crippen molar-refractivity contribution in [3.63, 3.8) is 0 Å². The van der Waals surface area contributed by atoms with E-state index in [0.29, 0.717) is 61.0 Å². The van der Waals surface area contributed by atoms with Crippen LogP contribution in [-0.4, -0.2) is 79.3 Å². The number of rotatable bonds is 23. The Morgan fingerprint density at radius 2 is 0.985 bits per heavy atom. The molecule has 0 radical (unpaired) electrons. The second kappa shape index (κ2) is 22.7. The van der Waals surface area contributed by atoms with Crippen molar-refractivity contribution in [3.8, 4) is 17.2 Å². The zero-order valence-electron chi connectivity index (χ0n) is 41.2. The summed E-state index contributed by atoms with van der Waals surface area (Å²) >= 11 is 0. The van der Waals surface area contributed by atoms with Gasteiger partial charge in [0.2, 0.25) is 0 Å². The number of ether oxygens (including phenoxy) is 8. The van der Waals surface area contributed by atoms with Crippen LogP contribution < -0.4 is 4.74 Å². The Labute approximate surface area is 388 Å². The van der Waals surface area contributed by atoms with Gasteiger partial charge < -0.3 is 48.1 Å². The average Bonchev–Trinajstić information content (AvgIpc) is 3.28. The highest BCUT2D eigenvalue weighted by Gasteiger charge is 2.41. The summed E-state index contributed by atoms with van der Waals surface area (Å²) in [4.78, 5) is 0. The lowest BCUT2D eigenvalue weighted by molar-refractivity contribution is 0.138. The number of benzene rings is 4. The average molecular weight is 895 g/mol. The van der Waals surface area contributed by atoms with Crippen LogP contribution in [0.1, 0.15) is 111 Å². The molecule has 0 aliphatic heterocycles. The first-order chi connectivity index (χ1) is 31.0. The fourth-order valence-electron chi connectivity index (χ4n) is 8.99. The highest BCUT2D eigenvalue weighted by atomic mass is 16.5. The lowest BCUT2D eigenvalue weighted by Crippen LogP contribution is -2.36. The van der Waals surface area contributed by atoms with Gasteiger partial charge in [-0.05, 0) is 93.5 Å². The number of phenols is 2. The summed E-state index contributed by atoms with van der Waals surface area (Å²) < 4.78 is 46.7. The second-order valence-corrected chi connectivity index (χ2v) is 19.1. The highest BCUT2D eigenvalue weighted by Crippen LogP contribution is 2.49. The lowest BCUT2D eigenvalue weighted by Gasteiger charge is -2.41. The monoisotopic (exact) mass is 895 g/mol. The second-order valence-electron chi connectivity index (χ2n) is 19.1. The minimum absolute atomic E-state index is 0.102. The molecule has 0 aromatic heterocycles. The molecule has 0 spiro atoms. The molecule has 5 rings (SSSR count). The smallest absolute Gasteiger partial charge is 0.126 e. The van der Waals surface area contributed by atoms with Gasteiger partial charge in [0.15, 0.2) is 0 Å². The molecular weight excluding hydrogens is 821 g/mol. The minimum atomic E-state index is -0.652. The van der Waals surface area contributed by atoms with E-state index in [1.165, 1.54) is 5.56 Å². The van der Waals surface area contributed by atoms with Gasteiger partial charge in [-0.2, -0.15) is 0 Å². The van der Waals surface area contributed by atoms with Gasteiger partial charge in [-0.3, -0.25) is 0 Å². The van der Waals surface area contributed by atoms with Crippen LogP contribution in [0.2, 0.25) is 0 Å². The fraction of sp³-hybridized carbons (Fsp3) is 0.491. The van der Waals surface area contributed by atoms with Gasteiger partial charge >= 0.3 is 0 Å². The zero-order valence-corrected chi connectivity index (χ0v) is 41.2. The van der Waals surface area contributed by atoms with E-state index in [-0.39, 0.29) is 49.3 Å².